The summed E-state index contributed by atoms with van der Waals surface area (Å²) in [7, 11) is 0. The van der Waals surface area contributed by atoms with E-state index in [-0.39, 0.29) is 33.4 Å². The van der Waals surface area contributed by atoms with Crippen LogP contribution in [-0.4, -0.2) is 80.7 Å². The lowest BCUT2D eigenvalue weighted by Gasteiger charge is -2.55. The third-order valence-electron chi connectivity index (χ3n) is 5.89. The first-order valence-electron chi connectivity index (χ1n) is 10.4. The number of rotatable bonds is 2. The van der Waals surface area contributed by atoms with Crippen LogP contribution < -0.4 is 10.2 Å². The van der Waals surface area contributed by atoms with E-state index in [4.69, 9.17) is 0 Å². The normalized spacial score (nSPS) is 20.8. The molecule has 0 bridgehead atoms. The number of aliphatic hydroxyl groups is 8. The molecular formula is C21H19F2N5O9. The van der Waals surface area contributed by atoms with Crippen molar-refractivity contribution in [2.45, 2.75) is 30.7 Å². The number of halogens is 2. The lowest BCUT2D eigenvalue weighted by Crippen LogP contribution is -2.84. The zero-order chi connectivity index (χ0) is 27.1. The van der Waals surface area contributed by atoms with Gasteiger partial charge in [-0.2, -0.15) is 5.10 Å². The van der Waals surface area contributed by atoms with E-state index in [2.05, 4.69) is 25.2 Å². The molecule has 0 radical (unpaired) electrons. The smallest absolute Gasteiger partial charge is 0.342 e. The van der Waals surface area contributed by atoms with Gasteiger partial charge in [-0.05, 0) is 37.3 Å². The van der Waals surface area contributed by atoms with Crippen LogP contribution in [0, 0.1) is 18.6 Å². The summed E-state index contributed by atoms with van der Waals surface area (Å²) in [6.07, 6.45) is 0. The number of benzene rings is 2. The van der Waals surface area contributed by atoms with E-state index in [0.717, 1.165) is 30.3 Å². The van der Waals surface area contributed by atoms with Gasteiger partial charge in [0.15, 0.2) is 0 Å². The number of hydrogen-bond acceptors (Lipinski definition) is 13. The zero-order valence-corrected chi connectivity index (χ0v) is 18.5. The third-order valence-corrected chi connectivity index (χ3v) is 5.89. The van der Waals surface area contributed by atoms with E-state index in [1.807, 2.05) is 0 Å². The van der Waals surface area contributed by atoms with Crippen molar-refractivity contribution in [3.05, 3.63) is 59.3 Å². The molecule has 3 heterocycles. The maximum atomic E-state index is 14.6. The second kappa shape index (κ2) is 7.71. The second-order valence-electron chi connectivity index (χ2n) is 8.38. The molecule has 5 rings (SSSR count). The van der Waals surface area contributed by atoms with E-state index < -0.39 is 46.7 Å². The molecule has 10 N–H and O–H groups in total. The van der Waals surface area contributed by atoms with Crippen LogP contribution in [0.5, 0.6) is 0 Å². The van der Waals surface area contributed by atoms with Gasteiger partial charge in [0.2, 0.25) is 0 Å². The molecule has 2 aromatic carbocycles. The molecule has 0 spiro atoms. The molecule has 2 aliphatic rings. The number of aromatic amines is 1. The van der Waals surface area contributed by atoms with Crippen molar-refractivity contribution in [1.29, 1.82) is 0 Å². The Morgan fingerprint density at radius 1 is 0.892 bits per heavy atom. The highest BCUT2D eigenvalue weighted by molar-refractivity contribution is 6.13. The largest absolute Gasteiger partial charge is 0.362 e. The van der Waals surface area contributed by atoms with E-state index in [1.54, 1.807) is 6.92 Å². The molecule has 37 heavy (non-hydrogen) atoms. The Hall–Kier alpha value is -3.58. The number of aliphatic imine (C=N–C) groups is 1. The predicted molar refractivity (Wildman–Crippen MR) is 117 cm³/mol. The van der Waals surface area contributed by atoms with E-state index in [0.29, 0.717) is 5.69 Å². The minimum Gasteiger partial charge on any atom is -0.342 e. The number of aromatic nitrogens is 2. The van der Waals surface area contributed by atoms with Crippen LogP contribution in [0.25, 0.3) is 11.3 Å². The first-order valence-corrected chi connectivity index (χ1v) is 10.4. The zero-order valence-electron chi connectivity index (χ0n) is 18.5. The molecule has 1 aromatic heterocycles. The number of nitrogens with one attached hydrogen (secondary N) is 2. The monoisotopic (exact) mass is 523 g/mol. The average molecular weight is 523 g/mol. The summed E-state index contributed by atoms with van der Waals surface area (Å²) in [5, 5.41) is 90.5. The van der Waals surface area contributed by atoms with Crippen molar-refractivity contribution in [1.82, 2.24) is 10.2 Å². The van der Waals surface area contributed by atoms with Crippen LogP contribution in [0.3, 0.4) is 0 Å². The molecule has 1 saturated heterocycles. The summed E-state index contributed by atoms with van der Waals surface area (Å²) < 4.78 is 33.0. The van der Waals surface area contributed by atoms with E-state index in [1.165, 1.54) is 6.07 Å². The summed E-state index contributed by atoms with van der Waals surface area (Å²) in [6, 6.07) is 6.32. The van der Waals surface area contributed by atoms with E-state index in [9.17, 15) is 49.6 Å². The second-order valence-corrected chi connectivity index (χ2v) is 8.38. The molecule has 0 aliphatic carbocycles. The fourth-order valence-electron chi connectivity index (χ4n) is 4.04. The lowest BCUT2D eigenvalue weighted by atomic mass is 10.0. The van der Waals surface area contributed by atoms with Crippen molar-refractivity contribution < 1.29 is 54.4 Å². The van der Waals surface area contributed by atoms with Crippen LogP contribution in [-0.2, 0) is 4.74 Å². The highest BCUT2D eigenvalue weighted by Crippen LogP contribution is 2.47. The third kappa shape index (κ3) is 3.51. The number of ether oxygens (including phenoxy) is 1. The van der Waals surface area contributed by atoms with Gasteiger partial charge >= 0.3 is 23.8 Å². The summed E-state index contributed by atoms with van der Waals surface area (Å²) >= 11 is 0. The Kier molecular flexibility index (Phi) is 5.23. The SMILES string of the molecule is Cc1[nH]nc2c1N=C(c1c(F)cccc1F)Nc1ccc(N3C(O)(O)C(O)(O)OC(O)(O)C3(O)O)cc1-2. The average Bonchev–Trinajstić information content (AvgIpc) is 3.03. The van der Waals surface area contributed by atoms with Crippen LogP contribution >= 0.6 is 0 Å². The Balaban J connectivity index is 1.71. The number of morpholine rings is 1. The van der Waals surface area contributed by atoms with Crippen LogP contribution in [0.15, 0.2) is 41.4 Å². The topological polar surface area (TPSA) is 227 Å². The van der Waals surface area contributed by atoms with Gasteiger partial charge in [0.25, 0.3) is 0 Å². The highest BCUT2D eigenvalue weighted by Gasteiger charge is 2.74. The molecule has 3 aromatic rings. The van der Waals surface area contributed by atoms with Gasteiger partial charge in [-0.15, -0.1) is 0 Å². The van der Waals surface area contributed by atoms with Crippen molar-refractivity contribution in [3.8, 4) is 11.3 Å². The number of nitrogens with zero attached hydrogens (tertiary/aromatic N) is 3. The molecule has 1 fully saturated rings. The molecule has 0 unspecified atom stereocenters. The van der Waals surface area contributed by atoms with Crippen molar-refractivity contribution >= 4 is 22.9 Å². The van der Waals surface area contributed by atoms with Crippen molar-refractivity contribution in [3.63, 3.8) is 0 Å². The summed E-state index contributed by atoms with van der Waals surface area (Å²) in [5.41, 5.74) is -0.543. The maximum Gasteiger partial charge on any atom is 0.362 e. The standard InChI is InChI=1S/C21H19F2N5O9/c1-8-15-16(27-26-8)10-7-9(28-18(29,30)20(33,34)37-21(35,36)19(28,31)32)5-6-13(10)24-17(25-15)14-11(22)3-2-4-12(14)23/h2-7,29-36H,1H3,(H,24,25)(H,26,27). The quantitative estimate of drug-likeness (QED) is 0.174. The molecule has 0 amide bonds. The predicted octanol–water partition coefficient (Wildman–Crippen LogP) is -1.44. The fraction of sp³-hybridized carbons (Fsp3) is 0.238. The molecule has 0 saturated carbocycles. The molecule has 2 aliphatic heterocycles. The Morgan fingerprint density at radius 3 is 2.08 bits per heavy atom. The minimum absolute atomic E-state index is 0.0217. The number of anilines is 2. The van der Waals surface area contributed by atoms with Gasteiger partial charge in [0, 0.05) is 16.9 Å². The Bertz CT molecular complexity index is 1410. The maximum absolute atomic E-state index is 14.6. The number of aryl methyl sites for hydroxylation is 1. The number of fused-ring (bicyclic) bond motifs is 3. The lowest BCUT2D eigenvalue weighted by molar-refractivity contribution is -0.606. The van der Waals surface area contributed by atoms with Crippen molar-refractivity contribution in [2.24, 2.45) is 4.99 Å². The van der Waals surface area contributed by atoms with Gasteiger partial charge in [-0.1, -0.05) is 6.07 Å². The van der Waals surface area contributed by atoms with Gasteiger partial charge in [0.1, 0.15) is 28.9 Å². The Labute approximate surface area is 204 Å². The minimum atomic E-state index is -4.16. The highest BCUT2D eigenvalue weighted by atomic mass is 19.1. The molecule has 196 valence electrons. The summed E-state index contributed by atoms with van der Waals surface area (Å²) in [4.78, 5) is 3.94. The van der Waals surface area contributed by atoms with Gasteiger partial charge in [0.05, 0.1) is 11.3 Å². The summed E-state index contributed by atoms with van der Waals surface area (Å²) in [6.45, 7) is 1.55. The molecule has 14 nitrogen and oxygen atoms in total. The van der Waals surface area contributed by atoms with Crippen LogP contribution in [0.4, 0.5) is 25.8 Å². The number of hydrogen-bond donors (Lipinski definition) is 10. The Morgan fingerprint density at radius 2 is 1.49 bits per heavy atom. The van der Waals surface area contributed by atoms with Crippen molar-refractivity contribution in [2.75, 3.05) is 10.2 Å². The molecular weight excluding hydrogens is 504 g/mol. The first kappa shape index (κ1) is 25.1. The molecule has 16 heteroatoms. The number of H-pyrrole nitrogens is 1. The fourth-order valence-corrected chi connectivity index (χ4v) is 4.04. The van der Waals surface area contributed by atoms with Gasteiger partial charge in [-0.3, -0.25) is 14.7 Å². The first-order chi connectivity index (χ1) is 17.1. The summed E-state index contributed by atoms with van der Waals surface area (Å²) in [5.74, 6) is -18.6. The van der Waals surface area contributed by atoms with E-state index >= 15 is 0 Å². The van der Waals surface area contributed by atoms with Crippen LogP contribution in [0.2, 0.25) is 0 Å². The molecule has 0 atom stereocenters. The van der Waals surface area contributed by atoms with Crippen LogP contribution in [0.1, 0.15) is 11.3 Å². The van der Waals surface area contributed by atoms with Gasteiger partial charge in [-0.25, -0.2) is 13.8 Å². The number of amidine groups is 1. The van der Waals surface area contributed by atoms with Gasteiger partial charge < -0.3 is 46.2 Å².